The number of benzene rings is 2. The van der Waals surface area contributed by atoms with Gasteiger partial charge >= 0.3 is 0 Å². The number of halogens is 1. The lowest BCUT2D eigenvalue weighted by Gasteiger charge is -2.19. The van der Waals surface area contributed by atoms with Crippen molar-refractivity contribution >= 4 is 38.4 Å². The Bertz CT molecular complexity index is 920. The van der Waals surface area contributed by atoms with E-state index in [2.05, 4.69) is 21.2 Å². The average Bonchev–Trinajstić information content (AvgIpc) is 2.99. The number of nitrogens with one attached hydrogen (secondary N) is 1. The van der Waals surface area contributed by atoms with Gasteiger partial charge in [-0.05, 0) is 30.3 Å². The van der Waals surface area contributed by atoms with Gasteiger partial charge in [0.15, 0.2) is 11.5 Å². The fraction of sp³-hybridized carbons (Fsp3) is 0.167. The van der Waals surface area contributed by atoms with Crippen LogP contribution in [0.2, 0.25) is 0 Å². The Morgan fingerprint density at radius 1 is 1.12 bits per heavy atom. The third kappa shape index (κ3) is 2.85. The molecule has 122 valence electrons. The molecule has 6 heteroatoms. The molecule has 0 unspecified atom stereocenters. The monoisotopic (exact) mass is 386 g/mol. The van der Waals surface area contributed by atoms with Gasteiger partial charge in [0.1, 0.15) is 19.8 Å². The smallest absolute Gasteiger partial charge is 0.244 e. The molecule has 24 heavy (non-hydrogen) atoms. The Kier molecular flexibility index (Phi) is 3.90. The van der Waals surface area contributed by atoms with E-state index < -0.39 is 0 Å². The third-order valence-electron chi connectivity index (χ3n) is 3.90. The van der Waals surface area contributed by atoms with Crippen LogP contribution < -0.4 is 14.8 Å². The molecular weight excluding hydrogens is 372 g/mol. The molecule has 1 aromatic heterocycles. The fourth-order valence-corrected chi connectivity index (χ4v) is 3.29. The number of anilines is 1. The molecule has 0 spiro atoms. The Balaban J connectivity index is 1.51. The second-order valence-corrected chi connectivity index (χ2v) is 6.38. The van der Waals surface area contributed by atoms with Crippen molar-refractivity contribution in [3.05, 3.63) is 53.1 Å². The van der Waals surface area contributed by atoms with Crippen molar-refractivity contribution in [2.45, 2.75) is 6.54 Å². The van der Waals surface area contributed by atoms with Gasteiger partial charge in [-0.3, -0.25) is 4.79 Å². The van der Waals surface area contributed by atoms with E-state index in [1.165, 1.54) is 0 Å². The summed E-state index contributed by atoms with van der Waals surface area (Å²) in [6.45, 7) is 1.32. The highest BCUT2D eigenvalue weighted by atomic mass is 79.9. The van der Waals surface area contributed by atoms with Gasteiger partial charge < -0.3 is 19.4 Å². The van der Waals surface area contributed by atoms with E-state index in [-0.39, 0.29) is 12.5 Å². The number of ether oxygens (including phenoxy) is 2. The van der Waals surface area contributed by atoms with Crippen LogP contribution in [-0.4, -0.2) is 23.7 Å². The van der Waals surface area contributed by atoms with E-state index >= 15 is 0 Å². The molecule has 3 aromatic rings. The molecular formula is C18H15BrN2O3. The summed E-state index contributed by atoms with van der Waals surface area (Å²) in [4.78, 5) is 12.4. The molecule has 1 aliphatic rings. The van der Waals surface area contributed by atoms with Gasteiger partial charge in [0.2, 0.25) is 5.91 Å². The molecule has 0 radical (unpaired) electrons. The van der Waals surface area contributed by atoms with Crippen LogP contribution >= 0.6 is 15.9 Å². The summed E-state index contributed by atoms with van der Waals surface area (Å²) in [5.41, 5.74) is 1.71. The summed E-state index contributed by atoms with van der Waals surface area (Å²) in [5.74, 6) is 1.28. The Hall–Kier alpha value is -2.47. The number of rotatable bonds is 3. The van der Waals surface area contributed by atoms with Crippen molar-refractivity contribution in [3.8, 4) is 11.5 Å². The lowest BCUT2D eigenvalue weighted by molar-refractivity contribution is -0.116. The first-order chi connectivity index (χ1) is 11.7. The molecule has 1 aliphatic heterocycles. The maximum atomic E-state index is 12.4. The average molecular weight is 387 g/mol. The predicted octanol–water partition coefficient (Wildman–Crippen LogP) is 3.81. The Morgan fingerprint density at radius 3 is 2.83 bits per heavy atom. The van der Waals surface area contributed by atoms with Gasteiger partial charge in [-0.2, -0.15) is 0 Å². The third-order valence-corrected chi connectivity index (χ3v) is 4.59. The zero-order valence-corrected chi connectivity index (χ0v) is 14.4. The van der Waals surface area contributed by atoms with Crippen molar-refractivity contribution in [2.24, 2.45) is 0 Å². The summed E-state index contributed by atoms with van der Waals surface area (Å²) >= 11 is 3.53. The second-order valence-electron chi connectivity index (χ2n) is 5.52. The fourth-order valence-electron chi connectivity index (χ4n) is 2.80. The van der Waals surface area contributed by atoms with Crippen LogP contribution in [0.1, 0.15) is 0 Å². The second kappa shape index (κ2) is 6.20. The van der Waals surface area contributed by atoms with Crippen LogP contribution in [0.3, 0.4) is 0 Å². The van der Waals surface area contributed by atoms with Crippen LogP contribution in [0.4, 0.5) is 5.69 Å². The SMILES string of the molecule is O=C(Cn1ccc2c(Br)cccc21)Nc1ccc2c(c1)OCCO2. The zero-order valence-electron chi connectivity index (χ0n) is 12.8. The summed E-state index contributed by atoms with van der Waals surface area (Å²) in [6.07, 6.45) is 1.92. The first-order valence-electron chi connectivity index (χ1n) is 7.63. The van der Waals surface area contributed by atoms with Crippen LogP contribution in [0.15, 0.2) is 53.1 Å². The minimum atomic E-state index is -0.0934. The number of hydrogen-bond acceptors (Lipinski definition) is 3. The molecule has 1 N–H and O–H groups in total. The van der Waals surface area contributed by atoms with Gasteiger partial charge in [-0.1, -0.05) is 22.0 Å². The maximum absolute atomic E-state index is 12.4. The molecule has 0 aliphatic carbocycles. The summed E-state index contributed by atoms with van der Waals surface area (Å²) in [7, 11) is 0. The Morgan fingerprint density at radius 2 is 1.96 bits per heavy atom. The molecule has 0 saturated carbocycles. The standard InChI is InChI=1S/C18H15BrN2O3/c19-14-2-1-3-15-13(14)6-7-21(15)11-18(22)20-12-4-5-16-17(10-12)24-9-8-23-16/h1-7,10H,8-9,11H2,(H,20,22). The van der Waals surface area contributed by atoms with E-state index in [0.29, 0.717) is 30.4 Å². The van der Waals surface area contributed by atoms with E-state index in [0.717, 1.165) is 15.4 Å². The predicted molar refractivity (Wildman–Crippen MR) is 95.7 cm³/mol. The molecule has 0 atom stereocenters. The molecule has 4 rings (SSSR count). The van der Waals surface area contributed by atoms with Gasteiger partial charge in [0.25, 0.3) is 0 Å². The highest BCUT2D eigenvalue weighted by Crippen LogP contribution is 2.32. The molecule has 0 saturated heterocycles. The van der Waals surface area contributed by atoms with Crippen LogP contribution in [0.5, 0.6) is 11.5 Å². The first kappa shape index (κ1) is 15.1. The normalized spacial score (nSPS) is 13.0. The number of aromatic nitrogens is 1. The van der Waals surface area contributed by atoms with Crippen LogP contribution in [-0.2, 0) is 11.3 Å². The lowest BCUT2D eigenvalue weighted by Crippen LogP contribution is -2.19. The van der Waals surface area contributed by atoms with Crippen LogP contribution in [0.25, 0.3) is 10.9 Å². The van der Waals surface area contributed by atoms with Crippen molar-refractivity contribution in [1.29, 1.82) is 0 Å². The molecule has 5 nitrogen and oxygen atoms in total. The largest absolute Gasteiger partial charge is 0.486 e. The van der Waals surface area contributed by atoms with Crippen molar-refractivity contribution in [1.82, 2.24) is 4.57 Å². The zero-order chi connectivity index (χ0) is 16.5. The summed E-state index contributed by atoms with van der Waals surface area (Å²) in [5, 5.41) is 3.99. The van der Waals surface area contributed by atoms with Crippen molar-refractivity contribution in [3.63, 3.8) is 0 Å². The highest BCUT2D eigenvalue weighted by Gasteiger charge is 2.13. The summed E-state index contributed by atoms with van der Waals surface area (Å²) < 4.78 is 14.0. The molecule has 2 heterocycles. The van der Waals surface area contributed by atoms with Crippen molar-refractivity contribution in [2.75, 3.05) is 18.5 Å². The van der Waals surface area contributed by atoms with Gasteiger partial charge in [0.05, 0.1) is 0 Å². The van der Waals surface area contributed by atoms with Crippen molar-refractivity contribution < 1.29 is 14.3 Å². The number of fused-ring (bicyclic) bond motifs is 2. The van der Waals surface area contributed by atoms with Gasteiger partial charge in [-0.15, -0.1) is 0 Å². The quantitative estimate of drug-likeness (QED) is 0.744. The van der Waals surface area contributed by atoms with Gasteiger partial charge in [0, 0.05) is 33.3 Å². The van der Waals surface area contributed by atoms with E-state index in [9.17, 15) is 4.79 Å². The number of carbonyl (C=O) groups excluding carboxylic acids is 1. The highest BCUT2D eigenvalue weighted by molar-refractivity contribution is 9.10. The molecule has 1 amide bonds. The maximum Gasteiger partial charge on any atom is 0.244 e. The minimum absolute atomic E-state index is 0.0934. The lowest BCUT2D eigenvalue weighted by atomic mass is 10.2. The molecule has 0 bridgehead atoms. The van der Waals surface area contributed by atoms with Crippen LogP contribution in [0, 0.1) is 0 Å². The number of hydrogen-bond donors (Lipinski definition) is 1. The molecule has 0 fully saturated rings. The van der Waals surface area contributed by atoms with E-state index in [4.69, 9.17) is 9.47 Å². The number of nitrogens with zero attached hydrogens (tertiary/aromatic N) is 1. The summed E-state index contributed by atoms with van der Waals surface area (Å²) in [6, 6.07) is 13.4. The molecule has 2 aromatic carbocycles. The topological polar surface area (TPSA) is 52.5 Å². The van der Waals surface area contributed by atoms with Gasteiger partial charge in [-0.25, -0.2) is 0 Å². The Labute approximate surface area is 147 Å². The minimum Gasteiger partial charge on any atom is -0.486 e. The van der Waals surface area contributed by atoms with E-state index in [1.807, 2.05) is 47.2 Å². The number of amides is 1. The first-order valence-corrected chi connectivity index (χ1v) is 8.43. The number of carbonyl (C=O) groups is 1. The van der Waals surface area contributed by atoms with E-state index in [1.54, 1.807) is 6.07 Å².